The summed E-state index contributed by atoms with van der Waals surface area (Å²) in [5.41, 5.74) is 0.120. The zero-order valence-corrected chi connectivity index (χ0v) is 11.3. The minimum atomic E-state index is -3.82. The predicted octanol–water partition coefficient (Wildman–Crippen LogP) is -0.109. The molecule has 1 atom stereocenters. The highest BCUT2D eigenvalue weighted by molar-refractivity contribution is 7.89. The molecule has 1 rings (SSSR count). The fourth-order valence-corrected chi connectivity index (χ4v) is 1.75. The van der Waals surface area contributed by atoms with Gasteiger partial charge in [0, 0.05) is 0 Å². The number of hydrogen-bond donors (Lipinski definition) is 3. The van der Waals surface area contributed by atoms with Crippen LogP contribution >= 0.6 is 0 Å². The fraction of sp³-hybridized carbons (Fsp3) is 0.300. The van der Waals surface area contributed by atoms with Gasteiger partial charge in [-0.05, 0) is 31.2 Å². The standard InChI is InChI=1S/C10H14N2O7S/c1-7(6-18-12(14)15)19-10(13)8-2-4-9(5-3-8)20(11,16)17/h2-5,7,14-15H,6H2,1H3,(H2,11,16,17). The smallest absolute Gasteiger partial charge is 0.338 e. The zero-order valence-electron chi connectivity index (χ0n) is 10.5. The highest BCUT2D eigenvalue weighted by Crippen LogP contribution is 2.10. The van der Waals surface area contributed by atoms with E-state index in [9.17, 15) is 13.2 Å². The van der Waals surface area contributed by atoms with Gasteiger partial charge in [0.25, 0.3) is 0 Å². The first-order valence-corrected chi connectivity index (χ1v) is 6.89. The van der Waals surface area contributed by atoms with Crippen molar-refractivity contribution in [2.24, 2.45) is 5.14 Å². The molecule has 1 aromatic rings. The first-order valence-electron chi connectivity index (χ1n) is 5.35. The summed E-state index contributed by atoms with van der Waals surface area (Å²) >= 11 is 0. The Morgan fingerprint density at radius 2 is 1.90 bits per heavy atom. The summed E-state index contributed by atoms with van der Waals surface area (Å²) in [6, 6.07) is 4.85. The van der Waals surface area contributed by atoms with E-state index in [4.69, 9.17) is 20.3 Å². The maximum atomic E-state index is 11.7. The molecule has 0 saturated heterocycles. The Morgan fingerprint density at radius 3 is 2.35 bits per heavy atom. The lowest BCUT2D eigenvalue weighted by Gasteiger charge is -2.14. The lowest BCUT2D eigenvalue weighted by molar-refractivity contribution is -0.494. The van der Waals surface area contributed by atoms with Gasteiger partial charge in [0.1, 0.15) is 12.7 Å². The van der Waals surface area contributed by atoms with Crippen LogP contribution in [0.25, 0.3) is 0 Å². The van der Waals surface area contributed by atoms with E-state index in [0.717, 1.165) is 0 Å². The first kappa shape index (κ1) is 16.5. The van der Waals surface area contributed by atoms with E-state index < -0.39 is 27.5 Å². The largest absolute Gasteiger partial charge is 0.457 e. The number of ether oxygens (including phenoxy) is 1. The molecule has 4 N–H and O–H groups in total. The van der Waals surface area contributed by atoms with Crippen LogP contribution in [-0.2, 0) is 19.6 Å². The molecule has 0 amide bonds. The molecule has 0 spiro atoms. The van der Waals surface area contributed by atoms with Crippen molar-refractivity contribution in [1.82, 2.24) is 5.39 Å². The second kappa shape index (κ2) is 6.74. The second-order valence-electron chi connectivity index (χ2n) is 3.83. The van der Waals surface area contributed by atoms with Gasteiger partial charge in [-0.2, -0.15) is 0 Å². The zero-order chi connectivity index (χ0) is 15.3. The Balaban J connectivity index is 2.64. The van der Waals surface area contributed by atoms with Crippen molar-refractivity contribution in [3.63, 3.8) is 0 Å². The third-order valence-electron chi connectivity index (χ3n) is 2.15. The Kier molecular flexibility index (Phi) is 5.56. The molecule has 20 heavy (non-hydrogen) atoms. The maximum absolute atomic E-state index is 11.7. The quantitative estimate of drug-likeness (QED) is 0.488. The molecule has 0 aromatic heterocycles. The van der Waals surface area contributed by atoms with Crippen molar-refractivity contribution < 1.29 is 33.2 Å². The molecule has 0 aliphatic carbocycles. The molecule has 9 nitrogen and oxygen atoms in total. The normalized spacial score (nSPS) is 13.2. The van der Waals surface area contributed by atoms with Crippen LogP contribution in [0.4, 0.5) is 0 Å². The van der Waals surface area contributed by atoms with Crippen LogP contribution in [0.5, 0.6) is 0 Å². The summed E-state index contributed by atoms with van der Waals surface area (Å²) in [7, 11) is -3.82. The van der Waals surface area contributed by atoms with Gasteiger partial charge in [0.15, 0.2) is 0 Å². The lowest BCUT2D eigenvalue weighted by atomic mass is 10.2. The Labute approximate surface area is 115 Å². The van der Waals surface area contributed by atoms with Crippen LogP contribution in [-0.4, -0.2) is 42.9 Å². The summed E-state index contributed by atoms with van der Waals surface area (Å²) in [5, 5.41) is 21.1. The predicted molar refractivity (Wildman–Crippen MR) is 64.1 cm³/mol. The van der Waals surface area contributed by atoms with Gasteiger partial charge in [-0.15, -0.1) is 0 Å². The molecule has 112 valence electrons. The number of carbonyl (C=O) groups is 1. The number of esters is 1. The van der Waals surface area contributed by atoms with Crippen molar-refractivity contribution >= 4 is 16.0 Å². The van der Waals surface area contributed by atoms with Crippen LogP contribution in [0.15, 0.2) is 29.2 Å². The topological polar surface area (TPSA) is 139 Å². The van der Waals surface area contributed by atoms with Crippen LogP contribution in [0.3, 0.4) is 0 Å². The van der Waals surface area contributed by atoms with Gasteiger partial charge in [0.05, 0.1) is 15.8 Å². The van der Waals surface area contributed by atoms with E-state index in [2.05, 4.69) is 4.84 Å². The number of sulfonamides is 1. The monoisotopic (exact) mass is 306 g/mol. The number of hydrogen-bond acceptors (Lipinski definition) is 8. The van der Waals surface area contributed by atoms with E-state index in [1.807, 2.05) is 0 Å². The van der Waals surface area contributed by atoms with E-state index in [1.165, 1.54) is 31.2 Å². The van der Waals surface area contributed by atoms with Crippen molar-refractivity contribution in [3.8, 4) is 0 Å². The SMILES string of the molecule is CC(CON(O)O)OC(=O)c1ccc(S(N)(=O)=O)cc1. The minimum absolute atomic E-state index is 0.120. The molecule has 0 radical (unpaired) electrons. The molecule has 1 aromatic carbocycles. The van der Waals surface area contributed by atoms with E-state index in [1.54, 1.807) is 0 Å². The van der Waals surface area contributed by atoms with Crippen molar-refractivity contribution in [1.29, 1.82) is 0 Å². The summed E-state index contributed by atoms with van der Waals surface area (Å²) in [6.07, 6.45) is -0.748. The van der Waals surface area contributed by atoms with E-state index >= 15 is 0 Å². The number of nitrogens with zero attached hydrogens (tertiary/aromatic N) is 1. The average Bonchev–Trinajstić information content (AvgIpc) is 2.35. The van der Waals surface area contributed by atoms with Crippen molar-refractivity contribution in [3.05, 3.63) is 29.8 Å². The van der Waals surface area contributed by atoms with Gasteiger partial charge >= 0.3 is 5.97 Å². The molecule has 0 saturated carbocycles. The highest BCUT2D eigenvalue weighted by Gasteiger charge is 2.14. The number of rotatable bonds is 6. The highest BCUT2D eigenvalue weighted by atomic mass is 32.2. The summed E-state index contributed by atoms with van der Waals surface area (Å²) in [5.74, 6) is -0.718. The first-order chi connectivity index (χ1) is 9.20. The second-order valence-corrected chi connectivity index (χ2v) is 5.40. The Hall–Kier alpha value is -1.56. The van der Waals surface area contributed by atoms with Crippen LogP contribution in [0.2, 0.25) is 0 Å². The van der Waals surface area contributed by atoms with Crippen LogP contribution in [0.1, 0.15) is 17.3 Å². The third kappa shape index (κ3) is 5.21. The van der Waals surface area contributed by atoms with Crippen LogP contribution < -0.4 is 5.14 Å². The average molecular weight is 306 g/mol. The number of benzene rings is 1. The van der Waals surface area contributed by atoms with Gasteiger partial charge in [-0.3, -0.25) is 10.4 Å². The summed E-state index contributed by atoms with van der Waals surface area (Å²) < 4.78 is 27.0. The van der Waals surface area contributed by atoms with Crippen LogP contribution in [0, 0.1) is 0 Å². The molecule has 0 fully saturated rings. The number of carbonyl (C=O) groups excluding carboxylic acids is 1. The van der Waals surface area contributed by atoms with Gasteiger partial charge in [0.2, 0.25) is 10.0 Å². The Bertz CT molecular complexity index is 555. The number of primary sulfonamides is 1. The molecule has 1 unspecified atom stereocenters. The molecule has 0 heterocycles. The van der Waals surface area contributed by atoms with Gasteiger partial charge < -0.3 is 4.74 Å². The van der Waals surface area contributed by atoms with E-state index in [0.29, 0.717) is 0 Å². The molecule has 10 heteroatoms. The molecule has 0 aliphatic rings. The molecular formula is C10H14N2O7S. The summed E-state index contributed by atoms with van der Waals surface area (Å²) in [4.78, 5) is 15.8. The Morgan fingerprint density at radius 1 is 1.35 bits per heavy atom. The summed E-state index contributed by atoms with van der Waals surface area (Å²) in [6.45, 7) is 1.20. The molecule has 0 aliphatic heterocycles. The minimum Gasteiger partial charge on any atom is -0.457 e. The van der Waals surface area contributed by atoms with E-state index in [-0.39, 0.29) is 17.1 Å². The number of nitrogens with two attached hydrogens (primary N) is 1. The van der Waals surface area contributed by atoms with Crippen molar-refractivity contribution in [2.45, 2.75) is 17.9 Å². The molecular weight excluding hydrogens is 292 g/mol. The molecule has 0 bridgehead atoms. The van der Waals surface area contributed by atoms with Crippen molar-refractivity contribution in [2.75, 3.05) is 6.61 Å². The third-order valence-corrected chi connectivity index (χ3v) is 3.08. The fourth-order valence-electron chi connectivity index (χ4n) is 1.24. The van der Waals surface area contributed by atoms with Gasteiger partial charge in [-0.25, -0.2) is 23.2 Å². The lowest BCUT2D eigenvalue weighted by Crippen LogP contribution is -2.25. The maximum Gasteiger partial charge on any atom is 0.338 e. The van der Waals surface area contributed by atoms with Gasteiger partial charge in [-0.1, -0.05) is 0 Å².